The first-order valence-corrected chi connectivity index (χ1v) is 9.47. The van der Waals surface area contributed by atoms with E-state index in [1.54, 1.807) is 0 Å². The molecule has 0 unspecified atom stereocenters. The van der Waals surface area contributed by atoms with Crippen molar-refractivity contribution in [2.24, 2.45) is 0 Å². The number of nitrogens with zero attached hydrogens (tertiary/aromatic N) is 4. The zero-order valence-electron chi connectivity index (χ0n) is 12.6. The SMILES string of the molecule is O=C(c1ccccc1)N1CCN2CCN3CCN(CC1)P23=O. The second kappa shape index (κ2) is 5.46. The summed E-state index contributed by atoms with van der Waals surface area (Å²) in [7, 11) is -2.48. The summed E-state index contributed by atoms with van der Waals surface area (Å²) in [6.07, 6.45) is 0. The van der Waals surface area contributed by atoms with Crippen molar-refractivity contribution in [3.63, 3.8) is 0 Å². The van der Waals surface area contributed by atoms with E-state index in [1.807, 2.05) is 35.2 Å². The minimum absolute atomic E-state index is 0.0765. The van der Waals surface area contributed by atoms with Crippen molar-refractivity contribution in [1.29, 1.82) is 0 Å². The predicted octanol–water partition coefficient (Wildman–Crippen LogP) is 1.18. The zero-order chi connectivity index (χ0) is 15.2. The molecule has 22 heavy (non-hydrogen) atoms. The van der Waals surface area contributed by atoms with Crippen molar-refractivity contribution in [3.05, 3.63) is 35.9 Å². The van der Waals surface area contributed by atoms with Gasteiger partial charge in [0.1, 0.15) is 0 Å². The molecule has 0 radical (unpaired) electrons. The Balaban J connectivity index is 1.54. The van der Waals surface area contributed by atoms with Gasteiger partial charge in [-0.15, -0.1) is 0 Å². The molecule has 3 heterocycles. The maximum atomic E-state index is 13.3. The molecule has 1 amide bonds. The van der Waals surface area contributed by atoms with E-state index in [1.165, 1.54) is 0 Å². The second-order valence-corrected chi connectivity index (χ2v) is 8.76. The summed E-state index contributed by atoms with van der Waals surface area (Å²) in [6.45, 7) is 6.17. The fourth-order valence-corrected chi connectivity index (χ4v) is 6.84. The quantitative estimate of drug-likeness (QED) is 0.727. The highest BCUT2D eigenvalue weighted by atomic mass is 31.2. The highest BCUT2D eigenvalue weighted by molar-refractivity contribution is 7.57. The van der Waals surface area contributed by atoms with Crippen LogP contribution in [0.3, 0.4) is 0 Å². The molecule has 0 atom stereocenters. The average Bonchev–Trinajstić information content (AvgIpc) is 3.00. The van der Waals surface area contributed by atoms with E-state index >= 15 is 0 Å². The molecule has 3 aliphatic heterocycles. The van der Waals surface area contributed by atoms with Gasteiger partial charge in [0.05, 0.1) is 0 Å². The molecule has 0 spiro atoms. The summed E-state index contributed by atoms with van der Waals surface area (Å²) >= 11 is 0. The first-order valence-electron chi connectivity index (χ1n) is 7.90. The molecule has 0 bridgehead atoms. The smallest absolute Gasteiger partial charge is 0.287 e. The van der Waals surface area contributed by atoms with Gasteiger partial charge in [-0.3, -0.25) is 9.36 Å². The van der Waals surface area contributed by atoms with Gasteiger partial charge in [0, 0.05) is 57.9 Å². The first kappa shape index (κ1) is 14.4. The van der Waals surface area contributed by atoms with Crippen LogP contribution in [0, 0.1) is 0 Å². The third kappa shape index (κ3) is 2.14. The summed E-state index contributed by atoms with van der Waals surface area (Å²) in [6, 6.07) is 9.43. The Morgan fingerprint density at radius 3 is 1.73 bits per heavy atom. The monoisotopic (exact) mass is 320 g/mol. The van der Waals surface area contributed by atoms with Gasteiger partial charge < -0.3 is 4.90 Å². The number of hydrogen-bond donors (Lipinski definition) is 0. The van der Waals surface area contributed by atoms with Crippen LogP contribution in [0.25, 0.3) is 0 Å². The van der Waals surface area contributed by atoms with Crippen LogP contribution in [0.15, 0.2) is 30.3 Å². The van der Waals surface area contributed by atoms with Gasteiger partial charge in [0.15, 0.2) is 0 Å². The molecular formula is C15H21N4O2P. The molecule has 1 aromatic rings. The van der Waals surface area contributed by atoms with Crippen LogP contribution in [0.4, 0.5) is 0 Å². The summed E-state index contributed by atoms with van der Waals surface area (Å²) < 4.78 is 19.7. The minimum atomic E-state index is -2.48. The maximum Gasteiger partial charge on any atom is 0.287 e. The average molecular weight is 320 g/mol. The van der Waals surface area contributed by atoms with Crippen molar-refractivity contribution >= 4 is 13.5 Å². The number of hydrogen-bond acceptors (Lipinski definition) is 2. The lowest BCUT2D eigenvalue weighted by atomic mass is 10.2. The third-order valence-corrected chi connectivity index (χ3v) is 8.31. The van der Waals surface area contributed by atoms with Crippen molar-refractivity contribution in [2.75, 3.05) is 52.4 Å². The first-order chi connectivity index (χ1) is 10.7. The van der Waals surface area contributed by atoms with Crippen LogP contribution in [-0.4, -0.2) is 77.2 Å². The Bertz CT molecular complexity index is 599. The van der Waals surface area contributed by atoms with E-state index in [4.69, 9.17) is 0 Å². The Labute approximate surface area is 130 Å². The molecule has 3 aliphatic rings. The standard InChI is InChI=1S/C15H21N4O2P/c20-15(14-4-2-1-3-5-14)16-6-8-17-10-12-19-13-11-18(9-7-16)22(17,19)21/h1-5H,6-13H2. The topological polar surface area (TPSA) is 47.1 Å². The van der Waals surface area contributed by atoms with Gasteiger partial charge in [-0.2, -0.15) is 0 Å². The van der Waals surface area contributed by atoms with Crippen molar-refractivity contribution in [3.8, 4) is 0 Å². The normalized spacial score (nSPS) is 25.7. The Hall–Kier alpha value is -1.20. The lowest BCUT2D eigenvalue weighted by Crippen LogP contribution is -2.45. The summed E-state index contributed by atoms with van der Waals surface area (Å²) in [5.74, 6) is 0.0765. The molecule has 0 N–H and O–H groups in total. The number of amides is 1. The Morgan fingerprint density at radius 2 is 1.23 bits per heavy atom. The van der Waals surface area contributed by atoms with Gasteiger partial charge >= 0.3 is 0 Å². The molecule has 7 heteroatoms. The summed E-state index contributed by atoms with van der Waals surface area (Å²) in [5, 5.41) is 0. The predicted molar refractivity (Wildman–Crippen MR) is 84.7 cm³/mol. The zero-order valence-corrected chi connectivity index (χ0v) is 13.5. The van der Waals surface area contributed by atoms with Crippen LogP contribution < -0.4 is 0 Å². The lowest BCUT2D eigenvalue weighted by Gasteiger charge is -2.37. The van der Waals surface area contributed by atoms with Gasteiger partial charge in [0.2, 0.25) is 0 Å². The van der Waals surface area contributed by atoms with Crippen molar-refractivity contribution < 1.29 is 9.36 Å². The van der Waals surface area contributed by atoms with Crippen LogP contribution in [0.5, 0.6) is 0 Å². The molecule has 3 saturated heterocycles. The van der Waals surface area contributed by atoms with Crippen LogP contribution >= 0.6 is 7.59 Å². The van der Waals surface area contributed by atoms with Crippen LogP contribution in [-0.2, 0) is 4.57 Å². The molecule has 4 rings (SSSR count). The molecule has 118 valence electrons. The summed E-state index contributed by atoms with van der Waals surface area (Å²) in [5.41, 5.74) is 0.732. The highest BCUT2D eigenvalue weighted by Crippen LogP contribution is 2.62. The fraction of sp³-hybridized carbons (Fsp3) is 0.533. The number of benzene rings is 1. The molecule has 1 aromatic carbocycles. The molecule has 6 nitrogen and oxygen atoms in total. The van der Waals surface area contributed by atoms with E-state index in [2.05, 4.69) is 14.0 Å². The van der Waals surface area contributed by atoms with Gasteiger partial charge in [-0.25, -0.2) is 14.0 Å². The largest absolute Gasteiger partial charge is 0.336 e. The van der Waals surface area contributed by atoms with E-state index in [0.29, 0.717) is 26.2 Å². The van der Waals surface area contributed by atoms with E-state index in [0.717, 1.165) is 31.7 Å². The van der Waals surface area contributed by atoms with Gasteiger partial charge in [0.25, 0.3) is 13.5 Å². The van der Waals surface area contributed by atoms with Crippen molar-refractivity contribution in [2.45, 2.75) is 0 Å². The molecule has 0 saturated carbocycles. The molecule has 0 aromatic heterocycles. The molecule has 3 fully saturated rings. The Morgan fingerprint density at radius 1 is 0.773 bits per heavy atom. The van der Waals surface area contributed by atoms with Gasteiger partial charge in [-0.1, -0.05) is 18.2 Å². The lowest BCUT2D eigenvalue weighted by molar-refractivity contribution is 0.0731. The van der Waals surface area contributed by atoms with E-state index in [-0.39, 0.29) is 5.91 Å². The second-order valence-electron chi connectivity index (χ2n) is 6.03. The van der Waals surface area contributed by atoms with Crippen LogP contribution in [0.1, 0.15) is 10.4 Å². The summed E-state index contributed by atoms with van der Waals surface area (Å²) in [4.78, 5) is 14.6. The number of carbonyl (C=O) groups is 1. The van der Waals surface area contributed by atoms with E-state index in [9.17, 15) is 9.36 Å². The van der Waals surface area contributed by atoms with Gasteiger partial charge in [-0.05, 0) is 12.1 Å². The third-order valence-electron chi connectivity index (χ3n) is 4.90. The van der Waals surface area contributed by atoms with Crippen molar-refractivity contribution in [1.82, 2.24) is 18.9 Å². The fourth-order valence-electron chi connectivity index (χ4n) is 3.67. The highest BCUT2D eigenvalue weighted by Gasteiger charge is 2.52. The minimum Gasteiger partial charge on any atom is -0.336 e. The molecule has 0 aliphatic carbocycles. The van der Waals surface area contributed by atoms with E-state index < -0.39 is 7.59 Å². The Kier molecular flexibility index (Phi) is 3.57. The maximum absolute atomic E-state index is 13.3. The number of carbonyl (C=O) groups excluding carboxylic acids is 1. The molecular weight excluding hydrogens is 299 g/mol. The van der Waals surface area contributed by atoms with Crippen LogP contribution in [0.2, 0.25) is 0 Å². The number of rotatable bonds is 1.